The molecule has 1 unspecified atom stereocenters. The fourth-order valence-corrected chi connectivity index (χ4v) is 2.26. The first kappa shape index (κ1) is 12.8. The predicted octanol–water partition coefficient (Wildman–Crippen LogP) is -1.92. The van der Waals surface area contributed by atoms with Crippen LogP contribution in [0.5, 0.6) is 0 Å². The van der Waals surface area contributed by atoms with Crippen molar-refractivity contribution in [2.75, 3.05) is 59.0 Å². The van der Waals surface area contributed by atoms with Crippen LogP contribution in [0.25, 0.3) is 0 Å². The Kier molecular flexibility index (Phi) is 4.73. The highest BCUT2D eigenvalue weighted by Gasteiger charge is 2.24. The molecule has 0 aliphatic carbocycles. The molecule has 0 aromatic heterocycles. The van der Waals surface area contributed by atoms with Crippen molar-refractivity contribution in [1.29, 1.82) is 0 Å². The molecule has 0 aromatic rings. The van der Waals surface area contributed by atoms with Gasteiger partial charge in [0.15, 0.2) is 0 Å². The van der Waals surface area contributed by atoms with Gasteiger partial charge in [0, 0.05) is 45.8 Å². The van der Waals surface area contributed by atoms with Gasteiger partial charge in [0.2, 0.25) is 5.91 Å². The van der Waals surface area contributed by atoms with Crippen LogP contribution in [0, 0.1) is 0 Å². The molecule has 2 rings (SSSR count). The van der Waals surface area contributed by atoms with Crippen LogP contribution in [0.2, 0.25) is 0 Å². The molecule has 0 spiro atoms. The first-order valence-corrected chi connectivity index (χ1v) is 6.32. The zero-order chi connectivity index (χ0) is 12.1. The summed E-state index contributed by atoms with van der Waals surface area (Å²) in [4.78, 5) is 16.2. The lowest BCUT2D eigenvalue weighted by Gasteiger charge is -2.33. The van der Waals surface area contributed by atoms with Crippen molar-refractivity contribution in [2.24, 2.45) is 5.73 Å². The number of hydrogen-bond donors (Lipinski definition) is 2. The zero-order valence-corrected chi connectivity index (χ0v) is 10.2. The summed E-state index contributed by atoms with van der Waals surface area (Å²) in [5.41, 5.74) is 5.98. The first-order valence-electron chi connectivity index (χ1n) is 6.32. The van der Waals surface area contributed by atoms with Crippen LogP contribution in [0.4, 0.5) is 0 Å². The summed E-state index contributed by atoms with van der Waals surface area (Å²) in [7, 11) is 0. The Morgan fingerprint density at radius 2 is 1.88 bits per heavy atom. The Labute approximate surface area is 102 Å². The fourth-order valence-electron chi connectivity index (χ4n) is 2.26. The van der Waals surface area contributed by atoms with E-state index in [0.29, 0.717) is 6.54 Å². The number of nitrogens with zero attached hydrogens (tertiary/aromatic N) is 2. The SMILES string of the molecule is NC(CN1CCOCC1)C(=O)N1CCNCC1. The molecular weight excluding hydrogens is 220 g/mol. The lowest BCUT2D eigenvalue weighted by molar-refractivity contribution is -0.133. The van der Waals surface area contributed by atoms with Gasteiger partial charge in [0.25, 0.3) is 0 Å². The minimum atomic E-state index is -0.397. The van der Waals surface area contributed by atoms with Crippen LogP contribution in [0.3, 0.4) is 0 Å². The number of carbonyl (C=O) groups excluding carboxylic acids is 1. The second-order valence-corrected chi connectivity index (χ2v) is 4.59. The lowest BCUT2D eigenvalue weighted by atomic mass is 10.2. The number of nitrogens with two attached hydrogens (primary N) is 1. The number of nitrogens with one attached hydrogen (secondary N) is 1. The van der Waals surface area contributed by atoms with Gasteiger partial charge in [-0.2, -0.15) is 0 Å². The standard InChI is InChI=1S/C11H22N4O2/c12-10(9-14-5-7-17-8-6-14)11(16)15-3-1-13-2-4-15/h10,13H,1-9,12H2. The minimum Gasteiger partial charge on any atom is -0.379 e. The van der Waals surface area contributed by atoms with Crippen molar-refractivity contribution in [3.05, 3.63) is 0 Å². The summed E-state index contributed by atoms with van der Waals surface area (Å²) < 4.78 is 5.27. The van der Waals surface area contributed by atoms with E-state index in [1.54, 1.807) is 0 Å². The third-order valence-corrected chi connectivity index (χ3v) is 3.30. The Hall–Kier alpha value is -0.690. The molecular formula is C11H22N4O2. The van der Waals surface area contributed by atoms with Gasteiger partial charge in [-0.25, -0.2) is 0 Å². The van der Waals surface area contributed by atoms with E-state index < -0.39 is 6.04 Å². The van der Waals surface area contributed by atoms with Gasteiger partial charge in [-0.1, -0.05) is 0 Å². The molecule has 0 aromatic carbocycles. The van der Waals surface area contributed by atoms with E-state index in [9.17, 15) is 4.79 Å². The van der Waals surface area contributed by atoms with Gasteiger partial charge in [-0.3, -0.25) is 9.69 Å². The van der Waals surface area contributed by atoms with Crippen molar-refractivity contribution >= 4 is 5.91 Å². The largest absolute Gasteiger partial charge is 0.379 e. The molecule has 2 aliphatic heterocycles. The van der Waals surface area contributed by atoms with E-state index in [2.05, 4.69) is 10.2 Å². The van der Waals surface area contributed by atoms with E-state index in [0.717, 1.165) is 52.5 Å². The molecule has 2 aliphatic rings. The second kappa shape index (κ2) is 6.30. The average Bonchev–Trinajstić information content (AvgIpc) is 2.40. The number of amides is 1. The summed E-state index contributed by atoms with van der Waals surface area (Å²) in [6, 6.07) is -0.397. The van der Waals surface area contributed by atoms with Gasteiger partial charge in [-0.15, -0.1) is 0 Å². The van der Waals surface area contributed by atoms with Crippen molar-refractivity contribution in [3.8, 4) is 0 Å². The maximum Gasteiger partial charge on any atom is 0.240 e. The summed E-state index contributed by atoms with van der Waals surface area (Å²) >= 11 is 0. The van der Waals surface area contributed by atoms with Gasteiger partial charge in [0.05, 0.1) is 19.3 Å². The van der Waals surface area contributed by atoms with E-state index in [1.807, 2.05) is 4.90 Å². The molecule has 2 saturated heterocycles. The summed E-state index contributed by atoms with van der Waals surface area (Å²) in [6.45, 7) is 7.18. The van der Waals surface area contributed by atoms with E-state index in [-0.39, 0.29) is 5.91 Å². The van der Waals surface area contributed by atoms with Crippen LogP contribution in [-0.4, -0.2) is 80.8 Å². The number of ether oxygens (including phenoxy) is 1. The molecule has 2 fully saturated rings. The number of carbonyl (C=O) groups is 1. The summed E-state index contributed by atoms with van der Waals surface area (Å²) in [5.74, 6) is 0.0815. The Balaban J connectivity index is 1.77. The molecule has 3 N–H and O–H groups in total. The van der Waals surface area contributed by atoms with E-state index >= 15 is 0 Å². The minimum absolute atomic E-state index is 0.0815. The van der Waals surface area contributed by atoms with Gasteiger partial charge < -0.3 is 20.7 Å². The highest BCUT2D eigenvalue weighted by atomic mass is 16.5. The summed E-state index contributed by atoms with van der Waals surface area (Å²) in [5, 5.41) is 3.23. The second-order valence-electron chi connectivity index (χ2n) is 4.59. The molecule has 98 valence electrons. The van der Waals surface area contributed by atoms with Crippen molar-refractivity contribution < 1.29 is 9.53 Å². The van der Waals surface area contributed by atoms with Crippen LogP contribution < -0.4 is 11.1 Å². The lowest BCUT2D eigenvalue weighted by Crippen LogP contribution is -2.55. The van der Waals surface area contributed by atoms with Crippen molar-refractivity contribution in [1.82, 2.24) is 15.1 Å². The molecule has 1 amide bonds. The molecule has 0 saturated carbocycles. The maximum absolute atomic E-state index is 12.1. The Morgan fingerprint density at radius 3 is 2.53 bits per heavy atom. The Bertz CT molecular complexity index is 250. The topological polar surface area (TPSA) is 70.8 Å². The monoisotopic (exact) mass is 242 g/mol. The van der Waals surface area contributed by atoms with Crippen LogP contribution in [0.15, 0.2) is 0 Å². The number of rotatable bonds is 3. The van der Waals surface area contributed by atoms with Crippen LogP contribution in [0.1, 0.15) is 0 Å². The maximum atomic E-state index is 12.1. The highest BCUT2D eigenvalue weighted by molar-refractivity contribution is 5.82. The molecule has 0 radical (unpaired) electrons. The summed E-state index contributed by atoms with van der Waals surface area (Å²) in [6.07, 6.45) is 0. The average molecular weight is 242 g/mol. The normalized spacial score (nSPS) is 24.6. The van der Waals surface area contributed by atoms with Gasteiger partial charge in [0.1, 0.15) is 0 Å². The fraction of sp³-hybridized carbons (Fsp3) is 0.909. The Morgan fingerprint density at radius 1 is 1.24 bits per heavy atom. The van der Waals surface area contributed by atoms with Gasteiger partial charge >= 0.3 is 0 Å². The van der Waals surface area contributed by atoms with Crippen molar-refractivity contribution in [2.45, 2.75) is 6.04 Å². The third kappa shape index (κ3) is 3.64. The quantitative estimate of drug-likeness (QED) is 0.603. The molecule has 2 heterocycles. The third-order valence-electron chi connectivity index (χ3n) is 3.30. The van der Waals surface area contributed by atoms with E-state index in [1.165, 1.54) is 0 Å². The molecule has 17 heavy (non-hydrogen) atoms. The predicted molar refractivity (Wildman–Crippen MR) is 64.7 cm³/mol. The van der Waals surface area contributed by atoms with Crippen LogP contribution >= 0.6 is 0 Å². The smallest absolute Gasteiger partial charge is 0.240 e. The number of piperazine rings is 1. The number of morpholine rings is 1. The highest BCUT2D eigenvalue weighted by Crippen LogP contribution is 2.01. The molecule has 6 nitrogen and oxygen atoms in total. The zero-order valence-electron chi connectivity index (χ0n) is 10.2. The first-order chi connectivity index (χ1) is 8.27. The van der Waals surface area contributed by atoms with Crippen LogP contribution in [-0.2, 0) is 9.53 Å². The molecule has 6 heteroatoms. The molecule has 1 atom stereocenters. The van der Waals surface area contributed by atoms with Crippen molar-refractivity contribution in [3.63, 3.8) is 0 Å². The van der Waals surface area contributed by atoms with E-state index in [4.69, 9.17) is 10.5 Å². The number of hydrogen-bond acceptors (Lipinski definition) is 5. The molecule has 0 bridgehead atoms. The van der Waals surface area contributed by atoms with Gasteiger partial charge in [-0.05, 0) is 0 Å².